The van der Waals surface area contributed by atoms with Crippen LogP contribution in [0.3, 0.4) is 0 Å². The van der Waals surface area contributed by atoms with E-state index in [1.54, 1.807) is 0 Å². The zero-order valence-corrected chi connectivity index (χ0v) is 15.8. The molecule has 1 aromatic carbocycles. The average Bonchev–Trinajstić information content (AvgIpc) is 2.64. The lowest BCUT2D eigenvalue weighted by atomic mass is 10.1. The van der Waals surface area contributed by atoms with Crippen LogP contribution in [-0.2, 0) is 0 Å². The van der Waals surface area contributed by atoms with Crippen LogP contribution < -0.4 is 4.74 Å². The Hall–Kier alpha value is -2.36. The van der Waals surface area contributed by atoms with Crippen LogP contribution in [0.4, 0.5) is 5.69 Å². The van der Waals surface area contributed by atoms with Gasteiger partial charge in [-0.15, -0.1) is 0 Å². The number of pyridine rings is 1. The topological polar surface area (TPSA) is 37.7 Å². The molecule has 0 atom stereocenters. The number of aromatic nitrogens is 1. The maximum Gasteiger partial charge on any atom is 0.213 e. The smallest absolute Gasteiger partial charge is 0.213 e. The first-order valence-corrected chi connectivity index (χ1v) is 9.03. The molecule has 1 heterocycles. The Kier molecular flexibility index (Phi) is 7.45. The van der Waals surface area contributed by atoms with Crippen LogP contribution in [0.25, 0.3) is 11.3 Å². The predicted molar refractivity (Wildman–Crippen MR) is 106 cm³/mol. The Labute approximate surface area is 151 Å². The van der Waals surface area contributed by atoms with Crippen LogP contribution in [0.2, 0.25) is 0 Å². The highest BCUT2D eigenvalue weighted by Gasteiger charge is 2.09. The van der Waals surface area contributed by atoms with Gasteiger partial charge in [-0.05, 0) is 31.7 Å². The van der Waals surface area contributed by atoms with Crippen molar-refractivity contribution in [3.63, 3.8) is 0 Å². The second-order valence-electron chi connectivity index (χ2n) is 6.59. The Morgan fingerprint density at radius 2 is 1.92 bits per heavy atom. The number of ether oxygens (including phenoxy) is 1. The van der Waals surface area contributed by atoms with E-state index in [1.807, 2.05) is 60.8 Å². The number of rotatable bonds is 9. The van der Waals surface area contributed by atoms with E-state index >= 15 is 0 Å². The molecule has 4 heteroatoms. The maximum atomic E-state index is 5.85. The molecule has 0 unspecified atom stereocenters. The Morgan fingerprint density at radius 3 is 2.60 bits per heavy atom. The van der Waals surface area contributed by atoms with Crippen LogP contribution in [0.1, 0.15) is 33.6 Å². The fourth-order valence-electron chi connectivity index (χ4n) is 2.34. The van der Waals surface area contributed by atoms with Gasteiger partial charge in [-0.1, -0.05) is 44.2 Å². The second-order valence-corrected chi connectivity index (χ2v) is 6.59. The summed E-state index contributed by atoms with van der Waals surface area (Å²) >= 11 is 0. The van der Waals surface area contributed by atoms with E-state index in [2.05, 4.69) is 25.8 Å². The van der Waals surface area contributed by atoms with Crippen LogP contribution in [0.5, 0.6) is 5.88 Å². The summed E-state index contributed by atoms with van der Waals surface area (Å²) in [6, 6.07) is 14.0. The molecule has 0 saturated heterocycles. The van der Waals surface area contributed by atoms with Gasteiger partial charge in [-0.2, -0.15) is 0 Å². The first-order valence-electron chi connectivity index (χ1n) is 9.03. The number of nitrogens with zero attached hydrogens (tertiary/aromatic N) is 3. The van der Waals surface area contributed by atoms with Gasteiger partial charge >= 0.3 is 0 Å². The van der Waals surface area contributed by atoms with Crippen molar-refractivity contribution in [1.29, 1.82) is 0 Å². The lowest BCUT2D eigenvalue weighted by Crippen LogP contribution is -2.14. The summed E-state index contributed by atoms with van der Waals surface area (Å²) in [6.45, 7) is 8.16. The molecule has 0 amide bonds. The number of aliphatic imine (C=N–C) groups is 1. The highest BCUT2D eigenvalue weighted by molar-refractivity contribution is 5.75. The third kappa shape index (κ3) is 6.22. The first-order chi connectivity index (χ1) is 12.1. The van der Waals surface area contributed by atoms with Crippen molar-refractivity contribution in [2.45, 2.75) is 33.6 Å². The normalized spacial score (nSPS) is 11.2. The first kappa shape index (κ1) is 19.0. The SMILES string of the molecule is CCN(C)C=Nc1ccc(OCCCC(C)C)nc1-c1ccccc1. The molecular weight excluding hydrogens is 310 g/mol. The monoisotopic (exact) mass is 339 g/mol. The Balaban J connectivity index is 2.21. The zero-order valence-electron chi connectivity index (χ0n) is 15.8. The molecule has 134 valence electrons. The molecule has 0 aliphatic rings. The molecule has 4 nitrogen and oxygen atoms in total. The van der Waals surface area contributed by atoms with Crippen molar-refractivity contribution in [3.8, 4) is 17.1 Å². The van der Waals surface area contributed by atoms with E-state index in [4.69, 9.17) is 9.72 Å². The third-order valence-electron chi connectivity index (χ3n) is 3.96. The molecule has 0 N–H and O–H groups in total. The number of hydrogen-bond donors (Lipinski definition) is 0. The average molecular weight is 339 g/mol. The molecule has 0 saturated carbocycles. The molecule has 0 spiro atoms. The van der Waals surface area contributed by atoms with Gasteiger partial charge in [0.1, 0.15) is 0 Å². The van der Waals surface area contributed by atoms with Crippen molar-refractivity contribution >= 4 is 12.0 Å². The summed E-state index contributed by atoms with van der Waals surface area (Å²) in [4.78, 5) is 11.3. The second kappa shape index (κ2) is 9.82. The molecule has 25 heavy (non-hydrogen) atoms. The fourth-order valence-corrected chi connectivity index (χ4v) is 2.34. The van der Waals surface area contributed by atoms with Gasteiger partial charge in [-0.3, -0.25) is 0 Å². The summed E-state index contributed by atoms with van der Waals surface area (Å²) in [5.41, 5.74) is 2.74. The number of hydrogen-bond acceptors (Lipinski definition) is 3. The Morgan fingerprint density at radius 1 is 1.16 bits per heavy atom. The van der Waals surface area contributed by atoms with Gasteiger partial charge in [-0.25, -0.2) is 9.98 Å². The summed E-state index contributed by atoms with van der Waals surface area (Å²) < 4.78 is 5.85. The zero-order chi connectivity index (χ0) is 18.1. The van der Waals surface area contributed by atoms with E-state index in [0.29, 0.717) is 18.4 Å². The van der Waals surface area contributed by atoms with Crippen LogP contribution in [0.15, 0.2) is 47.5 Å². The van der Waals surface area contributed by atoms with Gasteiger partial charge in [0.15, 0.2) is 0 Å². The summed E-state index contributed by atoms with van der Waals surface area (Å²) in [5, 5.41) is 0. The molecule has 0 bridgehead atoms. The molecule has 0 radical (unpaired) electrons. The molecule has 0 aliphatic carbocycles. The molecular formula is C21H29N3O. The van der Waals surface area contributed by atoms with Gasteiger partial charge < -0.3 is 9.64 Å². The van der Waals surface area contributed by atoms with Gasteiger partial charge in [0.2, 0.25) is 5.88 Å². The van der Waals surface area contributed by atoms with E-state index in [9.17, 15) is 0 Å². The van der Waals surface area contributed by atoms with Gasteiger partial charge in [0, 0.05) is 25.2 Å². The van der Waals surface area contributed by atoms with Crippen molar-refractivity contribution in [2.75, 3.05) is 20.2 Å². The van der Waals surface area contributed by atoms with Crippen molar-refractivity contribution in [3.05, 3.63) is 42.5 Å². The lowest BCUT2D eigenvalue weighted by Gasteiger charge is -2.12. The molecule has 0 fully saturated rings. The molecule has 1 aromatic heterocycles. The van der Waals surface area contributed by atoms with E-state index in [1.165, 1.54) is 0 Å². The minimum atomic E-state index is 0.658. The lowest BCUT2D eigenvalue weighted by molar-refractivity contribution is 0.287. The highest BCUT2D eigenvalue weighted by atomic mass is 16.5. The van der Waals surface area contributed by atoms with Crippen molar-refractivity contribution in [1.82, 2.24) is 9.88 Å². The van der Waals surface area contributed by atoms with Crippen LogP contribution >= 0.6 is 0 Å². The van der Waals surface area contributed by atoms with Crippen LogP contribution in [-0.4, -0.2) is 36.4 Å². The molecule has 2 rings (SSSR count). The standard InChI is InChI=1S/C21H29N3O/c1-5-24(4)16-22-19-13-14-20(25-15-9-10-17(2)3)23-21(19)18-11-7-6-8-12-18/h6-8,11-14,16-17H,5,9-10,15H2,1-4H3. The highest BCUT2D eigenvalue weighted by Crippen LogP contribution is 2.30. The van der Waals surface area contributed by atoms with Crippen molar-refractivity contribution < 1.29 is 4.74 Å². The summed E-state index contributed by atoms with van der Waals surface area (Å²) in [6.07, 6.45) is 4.05. The number of benzene rings is 1. The minimum Gasteiger partial charge on any atom is -0.478 e. The third-order valence-corrected chi connectivity index (χ3v) is 3.96. The largest absolute Gasteiger partial charge is 0.478 e. The van der Waals surface area contributed by atoms with Gasteiger partial charge in [0.25, 0.3) is 0 Å². The van der Waals surface area contributed by atoms with Gasteiger partial charge in [0.05, 0.1) is 24.3 Å². The quantitative estimate of drug-likeness (QED) is 0.359. The minimum absolute atomic E-state index is 0.658. The molecule has 0 aliphatic heterocycles. The van der Waals surface area contributed by atoms with E-state index in [-0.39, 0.29) is 0 Å². The van der Waals surface area contributed by atoms with E-state index < -0.39 is 0 Å². The fraction of sp³-hybridized carbons (Fsp3) is 0.429. The van der Waals surface area contributed by atoms with Crippen molar-refractivity contribution in [2.24, 2.45) is 10.9 Å². The summed E-state index contributed by atoms with van der Waals surface area (Å²) in [5.74, 6) is 1.36. The van der Waals surface area contributed by atoms with Crippen LogP contribution in [0, 0.1) is 5.92 Å². The predicted octanol–water partition coefficient (Wildman–Crippen LogP) is 5.18. The van der Waals surface area contributed by atoms with E-state index in [0.717, 1.165) is 36.3 Å². The molecule has 2 aromatic rings. The summed E-state index contributed by atoms with van der Waals surface area (Å²) in [7, 11) is 2.01. The Bertz CT molecular complexity index is 668. The maximum absolute atomic E-state index is 5.85.